The molecule has 1 aliphatic heterocycles. The molecule has 7 nitrogen and oxygen atoms in total. The Labute approximate surface area is 201 Å². The Morgan fingerprint density at radius 3 is 2.61 bits per heavy atom. The number of hydrogen-bond donors (Lipinski definition) is 3. The van der Waals surface area contributed by atoms with Crippen LogP contribution in [-0.4, -0.2) is 44.7 Å². The molecule has 0 unspecified atom stereocenters. The lowest BCUT2D eigenvalue weighted by molar-refractivity contribution is -0.120. The van der Waals surface area contributed by atoms with Crippen LogP contribution < -0.4 is 25.6 Å². The molecular formula is C23H32IN5O2. The first-order valence-electron chi connectivity index (χ1n) is 10.5. The lowest BCUT2D eigenvalue weighted by atomic mass is 10.2. The van der Waals surface area contributed by atoms with Gasteiger partial charge in [0, 0.05) is 37.4 Å². The van der Waals surface area contributed by atoms with E-state index in [4.69, 9.17) is 9.73 Å². The van der Waals surface area contributed by atoms with Gasteiger partial charge in [-0.25, -0.2) is 4.99 Å². The van der Waals surface area contributed by atoms with E-state index in [1.165, 1.54) is 0 Å². The van der Waals surface area contributed by atoms with E-state index in [0.29, 0.717) is 32.8 Å². The number of carbonyl (C=O) groups excluding carboxylic acids is 1. The topological polar surface area (TPSA) is 78.0 Å². The summed E-state index contributed by atoms with van der Waals surface area (Å²) in [6, 6.07) is 16.3. The van der Waals surface area contributed by atoms with E-state index in [9.17, 15) is 4.79 Å². The predicted octanol–water partition coefficient (Wildman–Crippen LogP) is 2.89. The van der Waals surface area contributed by atoms with Crippen LogP contribution in [0.15, 0.2) is 53.5 Å². The van der Waals surface area contributed by atoms with Crippen molar-refractivity contribution in [3.05, 3.63) is 59.7 Å². The average Bonchev–Trinajstić information content (AvgIpc) is 2.77. The van der Waals surface area contributed by atoms with Crippen LogP contribution in [0.25, 0.3) is 0 Å². The number of anilines is 1. The molecule has 8 heteroatoms. The zero-order valence-electron chi connectivity index (χ0n) is 18.2. The molecule has 0 spiro atoms. The van der Waals surface area contributed by atoms with Crippen LogP contribution in [0.1, 0.15) is 25.0 Å². The number of aliphatic imine (C=N–C) groups is 1. The molecule has 0 bridgehead atoms. The van der Waals surface area contributed by atoms with Crippen molar-refractivity contribution in [1.82, 2.24) is 16.0 Å². The molecule has 0 aromatic heterocycles. The molecule has 0 aliphatic carbocycles. The third-order valence-corrected chi connectivity index (χ3v) is 4.82. The minimum absolute atomic E-state index is 0. The van der Waals surface area contributed by atoms with Crippen LogP contribution in [0, 0.1) is 0 Å². The maximum atomic E-state index is 11.6. The van der Waals surface area contributed by atoms with Gasteiger partial charge in [0.05, 0.1) is 19.7 Å². The quantitative estimate of drug-likeness (QED) is 0.274. The van der Waals surface area contributed by atoms with Gasteiger partial charge in [-0.2, -0.15) is 0 Å². The van der Waals surface area contributed by atoms with Gasteiger partial charge < -0.3 is 25.6 Å². The summed E-state index contributed by atoms with van der Waals surface area (Å²) >= 11 is 0. The summed E-state index contributed by atoms with van der Waals surface area (Å²) in [4.78, 5) is 18.4. The molecule has 1 aliphatic rings. The van der Waals surface area contributed by atoms with E-state index in [1.807, 2.05) is 25.1 Å². The lowest BCUT2D eigenvalue weighted by Crippen LogP contribution is -2.47. The van der Waals surface area contributed by atoms with Crippen molar-refractivity contribution in [2.24, 2.45) is 4.99 Å². The second-order valence-corrected chi connectivity index (χ2v) is 7.03. The molecule has 1 fully saturated rings. The van der Waals surface area contributed by atoms with Crippen molar-refractivity contribution < 1.29 is 9.53 Å². The Hall–Kier alpha value is -2.49. The summed E-state index contributed by atoms with van der Waals surface area (Å²) < 4.78 is 5.70. The first-order chi connectivity index (χ1) is 14.7. The van der Waals surface area contributed by atoms with Crippen LogP contribution in [0.3, 0.4) is 0 Å². The molecule has 168 valence electrons. The number of benzene rings is 2. The number of nitrogens with one attached hydrogen (secondary N) is 3. The summed E-state index contributed by atoms with van der Waals surface area (Å²) in [7, 11) is 0. The largest absolute Gasteiger partial charge is 0.494 e. The summed E-state index contributed by atoms with van der Waals surface area (Å²) in [6.45, 7) is 8.61. The molecule has 1 heterocycles. The van der Waals surface area contributed by atoms with Crippen molar-refractivity contribution in [3.63, 3.8) is 0 Å². The maximum Gasteiger partial charge on any atom is 0.239 e. The fourth-order valence-corrected chi connectivity index (χ4v) is 3.31. The molecule has 2 aromatic carbocycles. The highest BCUT2D eigenvalue weighted by molar-refractivity contribution is 14.0. The number of piperazine rings is 1. The highest BCUT2D eigenvalue weighted by Crippen LogP contribution is 2.18. The Morgan fingerprint density at radius 2 is 1.90 bits per heavy atom. The number of ether oxygens (including phenoxy) is 1. The number of halogens is 1. The summed E-state index contributed by atoms with van der Waals surface area (Å²) in [5.41, 5.74) is 3.28. The third kappa shape index (κ3) is 7.61. The second kappa shape index (κ2) is 13.0. The second-order valence-electron chi connectivity index (χ2n) is 7.03. The molecule has 3 N–H and O–H groups in total. The number of carbonyl (C=O) groups is 1. The number of para-hydroxylation sites is 1. The van der Waals surface area contributed by atoms with E-state index in [2.05, 4.69) is 58.1 Å². The molecule has 0 radical (unpaired) electrons. The summed E-state index contributed by atoms with van der Waals surface area (Å²) in [5.74, 6) is 1.73. The van der Waals surface area contributed by atoms with E-state index < -0.39 is 0 Å². The minimum Gasteiger partial charge on any atom is -0.494 e. The number of hydrogen-bond acceptors (Lipinski definition) is 4. The van der Waals surface area contributed by atoms with Crippen molar-refractivity contribution in [1.29, 1.82) is 0 Å². The lowest BCUT2D eigenvalue weighted by Gasteiger charge is -2.28. The molecule has 3 rings (SSSR count). The molecule has 31 heavy (non-hydrogen) atoms. The SMILES string of the molecule is CCNC(=NCc1ccc(N2CCNC(=O)C2)cc1)NCc1ccccc1OCC.I. The highest BCUT2D eigenvalue weighted by atomic mass is 127. The van der Waals surface area contributed by atoms with E-state index in [1.54, 1.807) is 0 Å². The van der Waals surface area contributed by atoms with E-state index >= 15 is 0 Å². The molecule has 2 aromatic rings. The Kier molecular flexibility index (Phi) is 10.4. The average molecular weight is 537 g/mol. The van der Waals surface area contributed by atoms with Gasteiger partial charge in [-0.3, -0.25) is 4.79 Å². The van der Waals surface area contributed by atoms with Gasteiger partial charge >= 0.3 is 0 Å². The van der Waals surface area contributed by atoms with Gasteiger partial charge in [0.1, 0.15) is 5.75 Å². The van der Waals surface area contributed by atoms with Crippen LogP contribution in [0.2, 0.25) is 0 Å². The first-order valence-corrected chi connectivity index (χ1v) is 10.5. The summed E-state index contributed by atoms with van der Waals surface area (Å²) in [6.07, 6.45) is 0. The molecule has 0 saturated carbocycles. The smallest absolute Gasteiger partial charge is 0.239 e. The van der Waals surface area contributed by atoms with Crippen LogP contribution >= 0.6 is 24.0 Å². The number of nitrogens with zero attached hydrogens (tertiary/aromatic N) is 2. The van der Waals surface area contributed by atoms with Gasteiger partial charge in [0.2, 0.25) is 5.91 Å². The minimum atomic E-state index is 0. The van der Waals surface area contributed by atoms with Crippen molar-refractivity contribution >= 4 is 41.5 Å². The van der Waals surface area contributed by atoms with Gasteiger partial charge in [-0.1, -0.05) is 30.3 Å². The van der Waals surface area contributed by atoms with E-state index in [0.717, 1.165) is 41.6 Å². The van der Waals surface area contributed by atoms with Crippen molar-refractivity contribution in [2.75, 3.05) is 37.7 Å². The monoisotopic (exact) mass is 537 g/mol. The van der Waals surface area contributed by atoms with Gasteiger partial charge in [0.15, 0.2) is 5.96 Å². The highest BCUT2D eigenvalue weighted by Gasteiger charge is 2.16. The number of amides is 1. The normalized spacial score (nSPS) is 13.8. The third-order valence-electron chi connectivity index (χ3n) is 4.82. The van der Waals surface area contributed by atoms with Crippen molar-refractivity contribution in [2.45, 2.75) is 26.9 Å². The predicted molar refractivity (Wildman–Crippen MR) is 136 cm³/mol. The Morgan fingerprint density at radius 1 is 1.13 bits per heavy atom. The van der Waals surface area contributed by atoms with Crippen molar-refractivity contribution in [3.8, 4) is 5.75 Å². The summed E-state index contributed by atoms with van der Waals surface area (Å²) in [5, 5.41) is 9.52. The van der Waals surface area contributed by atoms with Crippen LogP contribution in [-0.2, 0) is 17.9 Å². The Balaban J connectivity index is 0.00000341. The molecule has 1 amide bonds. The van der Waals surface area contributed by atoms with Gasteiger partial charge in [0.25, 0.3) is 0 Å². The van der Waals surface area contributed by atoms with Crippen LogP contribution in [0.4, 0.5) is 5.69 Å². The molecule has 0 atom stereocenters. The maximum absolute atomic E-state index is 11.6. The zero-order valence-corrected chi connectivity index (χ0v) is 20.5. The van der Waals surface area contributed by atoms with E-state index in [-0.39, 0.29) is 29.9 Å². The van der Waals surface area contributed by atoms with Gasteiger partial charge in [-0.15, -0.1) is 24.0 Å². The molecular weight excluding hydrogens is 505 g/mol. The standard InChI is InChI=1S/C23H31N5O2.HI/c1-3-24-23(27-16-19-7-5-6-8-21(19)30-4-2)26-15-18-9-11-20(12-10-18)28-14-13-25-22(29)17-28;/h5-12H,3-4,13-17H2,1-2H3,(H,25,29)(H2,24,26,27);1H. The van der Waals surface area contributed by atoms with Crippen LogP contribution in [0.5, 0.6) is 5.75 Å². The Bertz CT molecular complexity index is 857. The number of rotatable bonds is 8. The fourth-order valence-electron chi connectivity index (χ4n) is 3.31. The number of guanidine groups is 1. The first kappa shape index (κ1) is 24.8. The fraction of sp³-hybridized carbons (Fsp3) is 0.391. The molecule has 1 saturated heterocycles. The zero-order chi connectivity index (χ0) is 21.2. The van der Waals surface area contributed by atoms with Gasteiger partial charge in [-0.05, 0) is 37.6 Å².